The highest BCUT2D eigenvalue weighted by molar-refractivity contribution is 7.06. The van der Waals surface area contributed by atoms with Crippen LogP contribution in [0.25, 0.3) is 28.4 Å². The Labute approximate surface area is 149 Å². The van der Waals surface area contributed by atoms with Gasteiger partial charge in [-0.15, -0.1) is 0 Å². The molecule has 25 heavy (non-hydrogen) atoms. The highest BCUT2D eigenvalue weighted by atomic mass is 32.1. The van der Waals surface area contributed by atoms with Crippen molar-refractivity contribution >= 4 is 17.2 Å². The fourth-order valence-electron chi connectivity index (χ4n) is 2.81. The van der Waals surface area contributed by atoms with E-state index < -0.39 is 0 Å². The van der Waals surface area contributed by atoms with Crippen LogP contribution in [0.2, 0.25) is 0 Å². The van der Waals surface area contributed by atoms with Crippen molar-refractivity contribution in [3.8, 4) is 22.8 Å². The Morgan fingerprint density at radius 3 is 2.96 bits per heavy atom. The SMILES string of the molecule is COCCCn1nc(-c2cccn3ccnc23)nc1-c1cnsc1C. The van der Waals surface area contributed by atoms with E-state index in [1.54, 1.807) is 13.3 Å². The zero-order chi connectivity index (χ0) is 17.2. The minimum atomic E-state index is 0.676. The molecule has 0 amide bonds. The minimum absolute atomic E-state index is 0.676. The summed E-state index contributed by atoms with van der Waals surface area (Å²) in [5.74, 6) is 1.51. The Hall–Kier alpha value is -2.58. The van der Waals surface area contributed by atoms with Crippen molar-refractivity contribution in [3.05, 3.63) is 41.8 Å². The van der Waals surface area contributed by atoms with Crippen molar-refractivity contribution in [1.29, 1.82) is 0 Å². The standard InChI is InChI=1S/C17H18N6OS/c1-12-14(11-19-25-12)17-20-15(21-23(17)8-4-10-24-2)13-5-3-7-22-9-6-18-16(13)22/h3,5-7,9,11H,4,8,10H2,1-2H3. The number of imidazole rings is 1. The second-order valence-electron chi connectivity index (χ2n) is 5.70. The van der Waals surface area contributed by atoms with Gasteiger partial charge in [0.15, 0.2) is 11.6 Å². The van der Waals surface area contributed by atoms with Gasteiger partial charge in [-0.25, -0.2) is 19.0 Å². The van der Waals surface area contributed by atoms with Crippen LogP contribution in [0.3, 0.4) is 0 Å². The smallest absolute Gasteiger partial charge is 0.185 e. The number of fused-ring (bicyclic) bond motifs is 1. The van der Waals surface area contributed by atoms with E-state index in [0.717, 1.165) is 40.4 Å². The first-order valence-electron chi connectivity index (χ1n) is 8.05. The first-order valence-corrected chi connectivity index (χ1v) is 8.83. The maximum absolute atomic E-state index is 5.17. The Bertz CT molecular complexity index is 1000. The predicted molar refractivity (Wildman–Crippen MR) is 96.5 cm³/mol. The average Bonchev–Trinajstić information content (AvgIpc) is 3.33. The molecule has 0 aromatic carbocycles. The van der Waals surface area contributed by atoms with Crippen molar-refractivity contribution in [1.82, 2.24) is 28.5 Å². The summed E-state index contributed by atoms with van der Waals surface area (Å²) in [6, 6.07) is 3.98. The van der Waals surface area contributed by atoms with E-state index in [1.165, 1.54) is 11.5 Å². The van der Waals surface area contributed by atoms with E-state index in [1.807, 2.05) is 39.8 Å². The second-order valence-corrected chi connectivity index (χ2v) is 6.71. The normalized spacial score (nSPS) is 11.4. The number of methoxy groups -OCH3 is 1. The lowest BCUT2D eigenvalue weighted by molar-refractivity contribution is 0.189. The van der Waals surface area contributed by atoms with Gasteiger partial charge >= 0.3 is 0 Å². The van der Waals surface area contributed by atoms with Gasteiger partial charge < -0.3 is 9.14 Å². The fourth-order valence-corrected chi connectivity index (χ4v) is 3.36. The molecule has 0 radical (unpaired) electrons. The molecule has 4 aromatic rings. The van der Waals surface area contributed by atoms with E-state index in [4.69, 9.17) is 14.8 Å². The molecule has 0 aliphatic carbocycles. The molecule has 0 unspecified atom stereocenters. The number of nitrogens with zero attached hydrogens (tertiary/aromatic N) is 6. The van der Waals surface area contributed by atoms with Gasteiger partial charge in [0.05, 0.1) is 17.3 Å². The van der Waals surface area contributed by atoms with Crippen LogP contribution in [0.4, 0.5) is 0 Å². The number of hydrogen-bond donors (Lipinski definition) is 0. The molecule has 4 heterocycles. The van der Waals surface area contributed by atoms with Crippen molar-refractivity contribution in [2.75, 3.05) is 13.7 Å². The molecule has 0 bridgehead atoms. The van der Waals surface area contributed by atoms with Gasteiger partial charge in [0, 0.05) is 43.7 Å². The van der Waals surface area contributed by atoms with Crippen LogP contribution in [0.1, 0.15) is 11.3 Å². The number of aromatic nitrogens is 6. The molecule has 4 rings (SSSR count). The monoisotopic (exact) mass is 354 g/mol. The van der Waals surface area contributed by atoms with E-state index in [2.05, 4.69) is 16.3 Å². The van der Waals surface area contributed by atoms with Gasteiger partial charge in [-0.3, -0.25) is 0 Å². The summed E-state index contributed by atoms with van der Waals surface area (Å²) in [5, 5.41) is 4.75. The maximum Gasteiger partial charge on any atom is 0.185 e. The molecule has 0 saturated carbocycles. The van der Waals surface area contributed by atoms with Crippen LogP contribution in [0.5, 0.6) is 0 Å². The van der Waals surface area contributed by atoms with E-state index in [-0.39, 0.29) is 0 Å². The van der Waals surface area contributed by atoms with Crippen LogP contribution in [-0.2, 0) is 11.3 Å². The largest absolute Gasteiger partial charge is 0.385 e. The first kappa shape index (κ1) is 15.9. The van der Waals surface area contributed by atoms with Crippen molar-refractivity contribution < 1.29 is 4.74 Å². The Balaban J connectivity index is 1.81. The van der Waals surface area contributed by atoms with E-state index >= 15 is 0 Å². The van der Waals surface area contributed by atoms with Crippen LogP contribution in [0.15, 0.2) is 36.9 Å². The summed E-state index contributed by atoms with van der Waals surface area (Å²) < 4.78 is 13.4. The summed E-state index contributed by atoms with van der Waals surface area (Å²) >= 11 is 1.47. The predicted octanol–water partition coefficient (Wildman–Crippen LogP) is 3.06. The van der Waals surface area contributed by atoms with Crippen molar-refractivity contribution in [2.45, 2.75) is 19.9 Å². The van der Waals surface area contributed by atoms with Gasteiger partial charge in [0.1, 0.15) is 5.65 Å². The van der Waals surface area contributed by atoms with Crippen LogP contribution in [0, 0.1) is 6.92 Å². The van der Waals surface area contributed by atoms with Crippen LogP contribution < -0.4 is 0 Å². The fraction of sp³-hybridized carbons (Fsp3) is 0.294. The highest BCUT2D eigenvalue weighted by Crippen LogP contribution is 2.28. The van der Waals surface area contributed by atoms with Gasteiger partial charge in [-0.2, -0.15) is 5.10 Å². The summed E-state index contributed by atoms with van der Waals surface area (Å²) in [5.41, 5.74) is 2.79. The molecule has 7 nitrogen and oxygen atoms in total. The highest BCUT2D eigenvalue weighted by Gasteiger charge is 2.18. The molecular formula is C17H18N6OS. The molecule has 0 fully saturated rings. The topological polar surface area (TPSA) is 70.1 Å². The molecule has 128 valence electrons. The molecule has 8 heteroatoms. The molecule has 0 N–H and O–H groups in total. The molecule has 0 spiro atoms. The number of rotatable bonds is 6. The third-order valence-corrected chi connectivity index (χ3v) is 4.75. The third-order valence-electron chi connectivity index (χ3n) is 4.04. The Kier molecular flexibility index (Phi) is 4.29. The molecule has 0 aliphatic heterocycles. The van der Waals surface area contributed by atoms with Crippen molar-refractivity contribution in [3.63, 3.8) is 0 Å². The number of hydrogen-bond acceptors (Lipinski definition) is 6. The van der Waals surface area contributed by atoms with Crippen LogP contribution in [-0.4, -0.2) is 42.2 Å². The summed E-state index contributed by atoms with van der Waals surface area (Å²) in [6.07, 6.45) is 8.40. The third kappa shape index (κ3) is 2.94. The second kappa shape index (κ2) is 6.73. The number of ether oxygens (including phenoxy) is 1. The number of aryl methyl sites for hydroxylation is 2. The van der Waals surface area contributed by atoms with Gasteiger partial charge in [-0.1, -0.05) is 0 Å². The quantitative estimate of drug-likeness (QED) is 0.498. The Morgan fingerprint density at radius 2 is 2.16 bits per heavy atom. The molecule has 0 aliphatic rings. The van der Waals surface area contributed by atoms with Gasteiger partial charge in [0.25, 0.3) is 0 Å². The van der Waals surface area contributed by atoms with E-state index in [9.17, 15) is 0 Å². The number of pyridine rings is 1. The van der Waals surface area contributed by atoms with Gasteiger partial charge in [-0.05, 0) is 37.0 Å². The molecular weight excluding hydrogens is 336 g/mol. The first-order chi connectivity index (χ1) is 12.3. The van der Waals surface area contributed by atoms with Gasteiger partial charge in [0.2, 0.25) is 0 Å². The lowest BCUT2D eigenvalue weighted by Gasteiger charge is -2.04. The zero-order valence-electron chi connectivity index (χ0n) is 14.1. The summed E-state index contributed by atoms with van der Waals surface area (Å²) in [6.45, 7) is 3.48. The van der Waals surface area contributed by atoms with Crippen molar-refractivity contribution in [2.24, 2.45) is 0 Å². The minimum Gasteiger partial charge on any atom is -0.385 e. The maximum atomic E-state index is 5.17. The Morgan fingerprint density at radius 1 is 1.24 bits per heavy atom. The molecule has 4 aromatic heterocycles. The summed E-state index contributed by atoms with van der Waals surface area (Å²) in [4.78, 5) is 10.4. The lowest BCUT2D eigenvalue weighted by atomic mass is 10.2. The molecule has 0 atom stereocenters. The van der Waals surface area contributed by atoms with Crippen LogP contribution >= 0.6 is 11.5 Å². The van der Waals surface area contributed by atoms with E-state index in [0.29, 0.717) is 12.4 Å². The zero-order valence-corrected chi connectivity index (χ0v) is 14.9. The molecule has 0 saturated heterocycles. The lowest BCUT2D eigenvalue weighted by Crippen LogP contribution is -2.05. The average molecular weight is 354 g/mol. The summed E-state index contributed by atoms with van der Waals surface area (Å²) in [7, 11) is 1.71.